The first-order valence-corrected chi connectivity index (χ1v) is 8.79. The van der Waals surface area contributed by atoms with Crippen LogP contribution in [0.5, 0.6) is 0 Å². The number of nitrogens with zero attached hydrogens (tertiary/aromatic N) is 2. The summed E-state index contributed by atoms with van der Waals surface area (Å²) in [5.41, 5.74) is 1.54. The highest BCUT2D eigenvalue weighted by atomic mass is 32.2. The lowest BCUT2D eigenvalue weighted by Crippen LogP contribution is -2.20. The van der Waals surface area contributed by atoms with Gasteiger partial charge in [-0.15, -0.1) is 0 Å². The van der Waals surface area contributed by atoms with Gasteiger partial charge in [-0.2, -0.15) is 0 Å². The molecule has 1 aromatic heterocycles. The first-order chi connectivity index (χ1) is 12.2. The Hall–Kier alpha value is -3.27. The van der Waals surface area contributed by atoms with E-state index in [0.29, 0.717) is 23.2 Å². The topological polar surface area (TPSA) is 141 Å². The van der Waals surface area contributed by atoms with E-state index in [1.165, 1.54) is 24.3 Å². The molecular weight excluding hydrogens is 360 g/mol. The molecule has 2 rings (SSSR count). The van der Waals surface area contributed by atoms with Crippen LogP contribution in [0.15, 0.2) is 47.4 Å². The maximum Gasteiger partial charge on any atom is 0.264 e. The zero-order chi connectivity index (χ0) is 19.3. The number of sulfonamides is 1. The number of aryl methyl sites for hydroxylation is 2. The van der Waals surface area contributed by atoms with E-state index >= 15 is 0 Å². The zero-order valence-electron chi connectivity index (χ0n) is 13.9. The van der Waals surface area contributed by atoms with Crippen molar-refractivity contribution in [3.63, 3.8) is 0 Å². The van der Waals surface area contributed by atoms with E-state index in [0.717, 1.165) is 6.08 Å². The monoisotopic (exact) mass is 375 g/mol. The molecule has 0 saturated carbocycles. The fourth-order valence-electron chi connectivity index (χ4n) is 2.00. The van der Waals surface area contributed by atoms with Gasteiger partial charge < -0.3 is 15.2 Å². The second kappa shape index (κ2) is 7.74. The van der Waals surface area contributed by atoms with Gasteiger partial charge in [0.1, 0.15) is 0 Å². The molecule has 0 saturated heterocycles. The molecule has 1 aromatic carbocycles. The summed E-state index contributed by atoms with van der Waals surface area (Å²) in [6, 6.07) is 7.00. The number of carbonyl (C=O) groups is 2. The van der Waals surface area contributed by atoms with Gasteiger partial charge in [0.05, 0.1) is 10.9 Å². The lowest BCUT2D eigenvalue weighted by molar-refractivity contribution is -0.297. The van der Waals surface area contributed by atoms with Crippen LogP contribution in [0.25, 0.3) is 0 Å². The molecule has 0 bridgehead atoms. The molecule has 136 valence electrons. The molecule has 0 atom stereocenters. The van der Waals surface area contributed by atoms with Crippen LogP contribution in [0.4, 0.5) is 11.6 Å². The van der Waals surface area contributed by atoms with Gasteiger partial charge in [0.15, 0.2) is 0 Å². The van der Waals surface area contributed by atoms with E-state index < -0.39 is 21.9 Å². The molecule has 0 unspecified atom stereocenters. The normalized spacial score (nSPS) is 11.3. The van der Waals surface area contributed by atoms with Crippen LogP contribution in [-0.2, 0) is 19.6 Å². The lowest BCUT2D eigenvalue weighted by atomic mass is 10.3. The van der Waals surface area contributed by atoms with Crippen molar-refractivity contribution >= 4 is 33.5 Å². The summed E-state index contributed by atoms with van der Waals surface area (Å²) in [6.45, 7) is 3.44. The van der Waals surface area contributed by atoms with E-state index in [1.54, 1.807) is 19.9 Å². The number of benzene rings is 1. The Morgan fingerprint density at radius 3 is 2.15 bits per heavy atom. The second-order valence-electron chi connectivity index (χ2n) is 5.25. The minimum Gasteiger partial charge on any atom is -0.545 e. The highest BCUT2D eigenvalue weighted by Gasteiger charge is 2.16. The molecule has 0 aliphatic rings. The summed E-state index contributed by atoms with van der Waals surface area (Å²) in [6.07, 6.45) is 1.38. The largest absolute Gasteiger partial charge is 0.545 e. The summed E-state index contributed by atoms with van der Waals surface area (Å²) in [4.78, 5) is 29.7. The Balaban J connectivity index is 2.13. The van der Waals surface area contributed by atoms with Crippen LogP contribution >= 0.6 is 0 Å². The van der Waals surface area contributed by atoms with Crippen molar-refractivity contribution in [3.05, 3.63) is 53.9 Å². The van der Waals surface area contributed by atoms with Gasteiger partial charge in [-0.1, -0.05) is 0 Å². The molecule has 1 heterocycles. The average Bonchev–Trinajstić information content (AvgIpc) is 2.52. The van der Waals surface area contributed by atoms with Crippen molar-refractivity contribution in [1.29, 1.82) is 0 Å². The predicted octanol–water partition coefficient (Wildman–Crippen LogP) is 0.139. The first kappa shape index (κ1) is 19.1. The predicted molar refractivity (Wildman–Crippen MR) is 91.5 cm³/mol. The van der Waals surface area contributed by atoms with E-state index in [4.69, 9.17) is 0 Å². The van der Waals surface area contributed by atoms with Gasteiger partial charge in [-0.25, -0.2) is 23.1 Å². The summed E-state index contributed by atoms with van der Waals surface area (Å²) in [5, 5.41) is 12.6. The number of hydrogen-bond donors (Lipinski definition) is 2. The summed E-state index contributed by atoms with van der Waals surface area (Å²) >= 11 is 0. The standard InChI is InChI=1S/C16H16N4O5S/c1-10-9-11(2)18-16(17-10)20-26(24,25)13-5-3-12(4-6-13)19-14(21)7-8-15(22)23/h3-9H,1-2H3,(H,19,21)(H,22,23)(H,17,18,20)/p-1. The Labute approximate surface area is 149 Å². The van der Waals surface area contributed by atoms with Crippen LogP contribution in [0, 0.1) is 13.8 Å². The second-order valence-corrected chi connectivity index (χ2v) is 6.93. The van der Waals surface area contributed by atoms with E-state index in [-0.39, 0.29) is 10.8 Å². The number of nitrogens with one attached hydrogen (secondary N) is 2. The summed E-state index contributed by atoms with van der Waals surface area (Å²) in [5.74, 6) is -2.22. The molecule has 0 fully saturated rings. The third-order valence-electron chi connectivity index (χ3n) is 3.01. The number of amides is 1. The van der Waals surface area contributed by atoms with Crippen molar-refractivity contribution < 1.29 is 23.1 Å². The number of carboxylic acids is 1. The minimum absolute atomic E-state index is 0.0349. The molecule has 2 N–H and O–H groups in total. The van der Waals surface area contributed by atoms with Crippen LogP contribution in [0.3, 0.4) is 0 Å². The lowest BCUT2D eigenvalue weighted by Gasteiger charge is -2.09. The molecule has 2 aromatic rings. The Bertz CT molecular complexity index is 948. The molecule has 10 heteroatoms. The quantitative estimate of drug-likeness (QED) is 0.684. The molecular formula is C16H15N4O5S-. The van der Waals surface area contributed by atoms with E-state index in [9.17, 15) is 23.1 Å². The molecule has 1 amide bonds. The van der Waals surface area contributed by atoms with Crippen molar-refractivity contribution in [2.45, 2.75) is 18.7 Å². The Kier molecular flexibility index (Phi) is 5.68. The van der Waals surface area contributed by atoms with Crippen molar-refractivity contribution in [1.82, 2.24) is 9.97 Å². The third kappa shape index (κ3) is 5.38. The molecule has 9 nitrogen and oxygen atoms in total. The van der Waals surface area contributed by atoms with Gasteiger partial charge in [0.2, 0.25) is 11.9 Å². The number of aliphatic carboxylic acids is 1. The smallest absolute Gasteiger partial charge is 0.264 e. The third-order valence-corrected chi connectivity index (χ3v) is 4.35. The maximum atomic E-state index is 12.4. The summed E-state index contributed by atoms with van der Waals surface area (Å²) in [7, 11) is -3.90. The fourth-order valence-corrected chi connectivity index (χ4v) is 2.94. The maximum absolute atomic E-state index is 12.4. The van der Waals surface area contributed by atoms with Gasteiger partial charge >= 0.3 is 0 Å². The van der Waals surface area contributed by atoms with E-state index in [2.05, 4.69) is 20.0 Å². The summed E-state index contributed by atoms with van der Waals surface area (Å²) < 4.78 is 27.0. The Morgan fingerprint density at radius 1 is 1.04 bits per heavy atom. The Morgan fingerprint density at radius 2 is 1.62 bits per heavy atom. The number of hydrogen-bond acceptors (Lipinski definition) is 7. The van der Waals surface area contributed by atoms with Gasteiger partial charge in [0, 0.05) is 23.2 Å². The van der Waals surface area contributed by atoms with E-state index in [1.807, 2.05) is 0 Å². The van der Waals surface area contributed by atoms with Crippen LogP contribution < -0.4 is 15.1 Å². The molecule has 0 aliphatic carbocycles. The van der Waals surface area contributed by atoms with Crippen molar-refractivity contribution in [3.8, 4) is 0 Å². The number of carboxylic acid groups (broad SMARTS) is 1. The highest BCUT2D eigenvalue weighted by Crippen LogP contribution is 2.17. The number of anilines is 2. The van der Waals surface area contributed by atoms with Gasteiger partial charge in [-0.3, -0.25) is 4.79 Å². The van der Waals surface area contributed by atoms with Crippen LogP contribution in [-0.4, -0.2) is 30.3 Å². The van der Waals surface area contributed by atoms with Crippen LogP contribution in [0.2, 0.25) is 0 Å². The molecule has 26 heavy (non-hydrogen) atoms. The van der Waals surface area contributed by atoms with Crippen LogP contribution in [0.1, 0.15) is 11.4 Å². The SMILES string of the molecule is Cc1cc(C)nc(NS(=O)(=O)c2ccc(NC(=O)C=CC(=O)[O-])cc2)n1. The highest BCUT2D eigenvalue weighted by molar-refractivity contribution is 7.92. The average molecular weight is 375 g/mol. The molecule has 0 radical (unpaired) electrons. The number of aromatic nitrogens is 2. The molecule has 0 spiro atoms. The molecule has 0 aliphatic heterocycles. The number of carbonyl (C=O) groups excluding carboxylic acids is 2. The van der Waals surface area contributed by atoms with Crippen molar-refractivity contribution in [2.24, 2.45) is 0 Å². The zero-order valence-corrected chi connectivity index (χ0v) is 14.7. The van der Waals surface area contributed by atoms with Crippen molar-refractivity contribution in [2.75, 3.05) is 10.0 Å². The van der Waals surface area contributed by atoms with Gasteiger partial charge in [-0.05, 0) is 50.3 Å². The van der Waals surface area contributed by atoms with Gasteiger partial charge in [0.25, 0.3) is 10.0 Å². The fraction of sp³-hybridized carbons (Fsp3) is 0.125. The number of rotatable bonds is 6. The minimum atomic E-state index is -3.90. The first-order valence-electron chi connectivity index (χ1n) is 7.31.